The van der Waals surface area contributed by atoms with Crippen molar-refractivity contribution >= 4 is 28.0 Å². The molecule has 1 atom stereocenters. The number of aromatic nitrogens is 1. The van der Waals surface area contributed by atoms with Crippen molar-refractivity contribution in [3.8, 4) is 0 Å². The van der Waals surface area contributed by atoms with Gasteiger partial charge in [0, 0.05) is 23.8 Å². The van der Waals surface area contributed by atoms with Gasteiger partial charge in [0.25, 0.3) is 0 Å². The summed E-state index contributed by atoms with van der Waals surface area (Å²) in [5, 5.41) is 9.20. The van der Waals surface area contributed by atoms with Crippen molar-refractivity contribution in [1.82, 2.24) is 9.88 Å². The Balaban J connectivity index is 1.39. The molecule has 4 rings (SSSR count). The van der Waals surface area contributed by atoms with E-state index < -0.39 is 11.6 Å². The molecule has 1 aliphatic carbocycles. The van der Waals surface area contributed by atoms with Gasteiger partial charge in [-0.05, 0) is 71.1 Å². The summed E-state index contributed by atoms with van der Waals surface area (Å²) in [6.07, 6.45) is 5.44. The molecule has 1 saturated carbocycles. The number of rotatable bonds is 6. The number of likely N-dealkylation sites (tertiary alicyclic amines) is 1. The number of carboxylic acid groups (broad SMARTS) is 1. The third-order valence-electron chi connectivity index (χ3n) is 6.67. The highest BCUT2D eigenvalue weighted by Gasteiger charge is 2.52. The number of hydrogen-bond donors (Lipinski definition) is 1. The number of aliphatic carboxylic acids is 1. The summed E-state index contributed by atoms with van der Waals surface area (Å²) < 4.78 is 12.3. The number of benzene rings is 1. The summed E-state index contributed by atoms with van der Waals surface area (Å²) in [6.45, 7) is 1.15. The molecule has 7 nitrogen and oxygen atoms in total. The first-order valence-electron chi connectivity index (χ1n) is 10.8. The van der Waals surface area contributed by atoms with Crippen molar-refractivity contribution in [3.05, 3.63) is 64.4 Å². The highest BCUT2D eigenvalue weighted by molar-refractivity contribution is 9.10. The second-order valence-corrected chi connectivity index (χ2v) is 9.66. The average Bonchev–Trinajstić information content (AvgIpc) is 3.17. The molecule has 170 valence electrons. The Bertz CT molecular complexity index is 945. The van der Waals surface area contributed by atoms with Crippen molar-refractivity contribution in [2.45, 2.75) is 44.3 Å². The molecule has 1 saturated heterocycles. The van der Waals surface area contributed by atoms with E-state index in [9.17, 15) is 14.7 Å². The molecular formula is C24H27BrN2O5. The minimum atomic E-state index is -0.988. The van der Waals surface area contributed by atoms with Gasteiger partial charge in [0.1, 0.15) is 18.8 Å². The Morgan fingerprint density at radius 2 is 1.81 bits per heavy atom. The lowest BCUT2D eigenvalue weighted by molar-refractivity contribution is -0.151. The van der Waals surface area contributed by atoms with E-state index in [-0.39, 0.29) is 24.7 Å². The predicted octanol–water partition coefficient (Wildman–Crippen LogP) is 4.74. The maximum absolute atomic E-state index is 12.5. The lowest BCUT2D eigenvalue weighted by Crippen LogP contribution is -2.43. The second-order valence-electron chi connectivity index (χ2n) is 8.74. The highest BCUT2D eigenvalue weighted by atomic mass is 79.9. The molecule has 32 heavy (non-hydrogen) atoms. The third-order valence-corrected chi connectivity index (χ3v) is 7.14. The van der Waals surface area contributed by atoms with Crippen LogP contribution in [0, 0.1) is 5.41 Å². The van der Waals surface area contributed by atoms with Gasteiger partial charge in [0.15, 0.2) is 0 Å². The van der Waals surface area contributed by atoms with Crippen LogP contribution < -0.4 is 0 Å². The Morgan fingerprint density at radius 1 is 1.06 bits per heavy atom. The van der Waals surface area contributed by atoms with Gasteiger partial charge in [-0.25, -0.2) is 9.59 Å². The number of carbonyl (C=O) groups is 2. The van der Waals surface area contributed by atoms with Gasteiger partial charge < -0.3 is 19.5 Å². The second kappa shape index (κ2) is 9.58. The molecule has 0 radical (unpaired) electrons. The van der Waals surface area contributed by atoms with Gasteiger partial charge in [-0.3, -0.25) is 4.98 Å². The zero-order valence-corrected chi connectivity index (χ0v) is 19.4. The van der Waals surface area contributed by atoms with Crippen LogP contribution in [0.4, 0.5) is 4.79 Å². The molecule has 2 fully saturated rings. The van der Waals surface area contributed by atoms with Crippen molar-refractivity contribution < 1.29 is 24.2 Å². The number of nitrogens with zero attached hydrogens (tertiary/aromatic N) is 2. The fraction of sp³-hybridized carbons (Fsp3) is 0.458. The molecule has 2 heterocycles. The quantitative estimate of drug-likeness (QED) is 0.613. The summed E-state index contributed by atoms with van der Waals surface area (Å²) in [6, 6.07) is 13.5. The molecule has 1 spiro atoms. The van der Waals surface area contributed by atoms with Gasteiger partial charge in [-0.2, -0.15) is 0 Å². The molecule has 1 aliphatic heterocycles. The zero-order valence-electron chi connectivity index (χ0n) is 17.8. The van der Waals surface area contributed by atoms with E-state index in [2.05, 4.69) is 20.9 Å². The minimum absolute atomic E-state index is 0.00344. The van der Waals surface area contributed by atoms with Gasteiger partial charge in [0.05, 0.1) is 5.69 Å². The largest absolute Gasteiger partial charge is 0.480 e. The maximum Gasteiger partial charge on any atom is 0.410 e. The smallest absolute Gasteiger partial charge is 0.410 e. The van der Waals surface area contributed by atoms with Crippen LogP contribution in [-0.2, 0) is 26.5 Å². The fourth-order valence-corrected chi connectivity index (χ4v) is 5.15. The molecule has 1 N–H and O–H groups in total. The molecule has 1 amide bonds. The number of pyridine rings is 1. The van der Waals surface area contributed by atoms with Crippen LogP contribution in [0.3, 0.4) is 0 Å². The van der Waals surface area contributed by atoms with E-state index in [1.807, 2.05) is 42.5 Å². The van der Waals surface area contributed by atoms with E-state index in [0.717, 1.165) is 35.0 Å². The Labute approximate surface area is 195 Å². The van der Waals surface area contributed by atoms with E-state index in [0.29, 0.717) is 25.9 Å². The van der Waals surface area contributed by atoms with Crippen LogP contribution in [0.5, 0.6) is 0 Å². The Morgan fingerprint density at radius 3 is 2.47 bits per heavy atom. The Kier molecular flexibility index (Phi) is 6.81. The molecular weight excluding hydrogens is 476 g/mol. The van der Waals surface area contributed by atoms with Crippen LogP contribution in [0.2, 0.25) is 0 Å². The molecule has 8 heteroatoms. The van der Waals surface area contributed by atoms with Crippen LogP contribution >= 0.6 is 15.9 Å². The average molecular weight is 503 g/mol. The molecule has 2 aliphatic rings. The third kappa shape index (κ3) is 5.13. The SMILES string of the molecule is O=C(O)COC1(c2ccc(Br)cn2)CCC2(CCN(C(=O)OCc3ccccc3)CC2)C1. The fourth-order valence-electron chi connectivity index (χ4n) is 4.91. The number of halogens is 1. The number of hydrogen-bond acceptors (Lipinski definition) is 5. The van der Waals surface area contributed by atoms with Crippen LogP contribution in [-0.4, -0.2) is 46.7 Å². The number of amides is 1. The number of ether oxygens (including phenoxy) is 2. The maximum atomic E-state index is 12.5. The van der Waals surface area contributed by atoms with E-state index >= 15 is 0 Å². The summed E-state index contributed by atoms with van der Waals surface area (Å²) in [5.41, 5.74) is 1.02. The van der Waals surface area contributed by atoms with Crippen molar-refractivity contribution in [1.29, 1.82) is 0 Å². The molecule has 2 aromatic rings. The summed E-state index contributed by atoms with van der Waals surface area (Å²) in [7, 11) is 0. The normalized spacial score (nSPS) is 22.1. The lowest BCUT2D eigenvalue weighted by Gasteiger charge is -2.40. The van der Waals surface area contributed by atoms with Gasteiger partial charge in [-0.15, -0.1) is 0 Å². The monoisotopic (exact) mass is 502 g/mol. The molecule has 0 bridgehead atoms. The first-order valence-corrected chi connectivity index (χ1v) is 11.6. The summed E-state index contributed by atoms with van der Waals surface area (Å²) in [5.74, 6) is -0.988. The summed E-state index contributed by atoms with van der Waals surface area (Å²) >= 11 is 3.40. The topological polar surface area (TPSA) is 89.0 Å². The minimum Gasteiger partial charge on any atom is -0.480 e. The first-order chi connectivity index (χ1) is 15.4. The molecule has 1 unspecified atom stereocenters. The van der Waals surface area contributed by atoms with Gasteiger partial charge in [-0.1, -0.05) is 30.3 Å². The number of piperidine rings is 1. The zero-order chi connectivity index (χ0) is 22.6. The van der Waals surface area contributed by atoms with Crippen LogP contribution in [0.1, 0.15) is 43.4 Å². The van der Waals surface area contributed by atoms with Crippen molar-refractivity contribution in [2.24, 2.45) is 5.41 Å². The van der Waals surface area contributed by atoms with Gasteiger partial charge in [0.2, 0.25) is 0 Å². The Hall–Kier alpha value is -2.45. The number of carbonyl (C=O) groups excluding carboxylic acids is 1. The first kappa shape index (κ1) is 22.7. The van der Waals surface area contributed by atoms with E-state index in [1.165, 1.54) is 0 Å². The summed E-state index contributed by atoms with van der Waals surface area (Å²) in [4.78, 5) is 30.1. The van der Waals surface area contributed by atoms with Crippen LogP contribution in [0.15, 0.2) is 53.1 Å². The van der Waals surface area contributed by atoms with E-state index in [1.54, 1.807) is 11.1 Å². The molecule has 1 aromatic heterocycles. The standard InChI is InChI=1S/C24H27BrN2O5/c25-19-6-7-20(26-14-19)24(32-16-21(28)29)9-8-23(17-24)10-12-27(13-11-23)22(30)31-15-18-4-2-1-3-5-18/h1-7,14H,8-13,15-17H2,(H,28,29). The van der Waals surface area contributed by atoms with Gasteiger partial charge >= 0.3 is 12.1 Å². The lowest BCUT2D eigenvalue weighted by atomic mass is 9.75. The number of carboxylic acids is 1. The van der Waals surface area contributed by atoms with Crippen molar-refractivity contribution in [3.63, 3.8) is 0 Å². The van der Waals surface area contributed by atoms with Crippen molar-refractivity contribution in [2.75, 3.05) is 19.7 Å². The highest BCUT2D eigenvalue weighted by Crippen LogP contribution is 2.55. The van der Waals surface area contributed by atoms with Crippen LogP contribution in [0.25, 0.3) is 0 Å². The predicted molar refractivity (Wildman–Crippen MR) is 121 cm³/mol. The molecule has 1 aromatic carbocycles. The van der Waals surface area contributed by atoms with E-state index in [4.69, 9.17) is 9.47 Å².